The molecular formula is C33H25NO2. The van der Waals surface area contributed by atoms with Gasteiger partial charge in [-0.25, -0.2) is 0 Å². The Morgan fingerprint density at radius 2 is 1.39 bits per heavy atom. The van der Waals surface area contributed by atoms with Crippen LogP contribution in [0.5, 0.6) is 11.5 Å². The van der Waals surface area contributed by atoms with E-state index >= 15 is 0 Å². The molecule has 0 atom stereocenters. The topological polar surface area (TPSA) is 31.2 Å². The van der Waals surface area contributed by atoms with Crippen molar-refractivity contribution in [2.75, 3.05) is 0 Å². The minimum absolute atomic E-state index is 0.397. The number of carbonyl (C=O) groups excluding carboxylic acids is 1. The molecule has 0 fully saturated rings. The molecule has 6 aromatic rings. The Morgan fingerprint density at radius 1 is 0.667 bits per heavy atom. The zero-order valence-corrected chi connectivity index (χ0v) is 19.8. The Balaban J connectivity index is 1.31. The first-order valence-corrected chi connectivity index (χ1v) is 12.1. The molecule has 0 aliphatic carbocycles. The molecule has 174 valence electrons. The van der Waals surface area contributed by atoms with Crippen molar-refractivity contribution in [1.82, 2.24) is 4.57 Å². The predicted molar refractivity (Wildman–Crippen MR) is 147 cm³/mol. The van der Waals surface area contributed by atoms with Crippen molar-refractivity contribution in [3.63, 3.8) is 0 Å². The van der Waals surface area contributed by atoms with Gasteiger partial charge in [-0.3, -0.25) is 0 Å². The van der Waals surface area contributed by atoms with Gasteiger partial charge >= 0.3 is 0 Å². The maximum Gasteiger partial charge on any atom is 0.127 e. The van der Waals surface area contributed by atoms with Crippen molar-refractivity contribution < 1.29 is 9.53 Å². The highest BCUT2D eigenvalue weighted by Gasteiger charge is 2.11. The predicted octanol–water partition coefficient (Wildman–Crippen LogP) is 8.04. The van der Waals surface area contributed by atoms with Crippen LogP contribution in [0.4, 0.5) is 0 Å². The molecule has 0 bridgehead atoms. The lowest BCUT2D eigenvalue weighted by Gasteiger charge is -2.09. The summed E-state index contributed by atoms with van der Waals surface area (Å²) in [5.74, 6) is 1.62. The second kappa shape index (κ2) is 9.55. The fourth-order valence-electron chi connectivity index (χ4n) is 4.81. The Labute approximate surface area is 210 Å². The van der Waals surface area contributed by atoms with Crippen LogP contribution < -0.4 is 4.74 Å². The van der Waals surface area contributed by atoms with Crippen molar-refractivity contribution in [3.8, 4) is 22.6 Å². The summed E-state index contributed by atoms with van der Waals surface area (Å²) in [6, 6.07) is 39.4. The molecule has 1 heterocycles. The summed E-state index contributed by atoms with van der Waals surface area (Å²) >= 11 is 0. The molecule has 0 spiro atoms. The van der Waals surface area contributed by atoms with Crippen LogP contribution in [0.2, 0.25) is 0 Å². The average molecular weight is 468 g/mol. The average Bonchev–Trinajstić information content (AvgIpc) is 3.26. The number of para-hydroxylation sites is 1. The fraction of sp³-hybridized carbons (Fsp3) is 0.0606. The van der Waals surface area contributed by atoms with Crippen LogP contribution in [-0.4, -0.2) is 10.9 Å². The number of benzene rings is 5. The minimum atomic E-state index is 0.397. The van der Waals surface area contributed by atoms with Crippen LogP contribution in [-0.2, 0) is 17.8 Å². The number of fused-ring (bicyclic) bond motifs is 2. The van der Waals surface area contributed by atoms with Gasteiger partial charge in [0.1, 0.15) is 17.8 Å². The SMILES string of the molecule is O=CCc1cn(Cc2ccc3ccccc3c2)c2ccc(-c3ccc(Oc4ccccc4)cc3)cc12. The number of ether oxygens (including phenoxy) is 1. The summed E-state index contributed by atoms with van der Waals surface area (Å²) < 4.78 is 8.18. The van der Waals surface area contributed by atoms with Gasteiger partial charge in [0.05, 0.1) is 0 Å². The Kier molecular flexibility index (Phi) is 5.80. The van der Waals surface area contributed by atoms with Gasteiger partial charge in [-0.1, -0.05) is 72.8 Å². The van der Waals surface area contributed by atoms with Crippen molar-refractivity contribution in [2.45, 2.75) is 13.0 Å². The lowest BCUT2D eigenvalue weighted by Crippen LogP contribution is -1.98. The molecule has 0 saturated carbocycles. The highest BCUT2D eigenvalue weighted by atomic mass is 16.5. The number of hydrogen-bond donors (Lipinski definition) is 0. The van der Waals surface area contributed by atoms with Gasteiger partial charge in [-0.2, -0.15) is 0 Å². The minimum Gasteiger partial charge on any atom is -0.457 e. The second-order valence-corrected chi connectivity index (χ2v) is 9.01. The van der Waals surface area contributed by atoms with Gasteiger partial charge in [0.25, 0.3) is 0 Å². The van der Waals surface area contributed by atoms with E-state index in [-0.39, 0.29) is 0 Å². The van der Waals surface area contributed by atoms with Crippen molar-refractivity contribution in [2.24, 2.45) is 0 Å². The molecule has 5 aromatic carbocycles. The molecule has 0 amide bonds. The lowest BCUT2D eigenvalue weighted by molar-refractivity contribution is -0.107. The first kappa shape index (κ1) is 21.9. The Morgan fingerprint density at radius 3 is 2.19 bits per heavy atom. The zero-order valence-electron chi connectivity index (χ0n) is 19.8. The van der Waals surface area contributed by atoms with E-state index in [0.717, 1.165) is 51.9 Å². The van der Waals surface area contributed by atoms with E-state index in [0.29, 0.717) is 6.42 Å². The van der Waals surface area contributed by atoms with Crippen LogP contribution in [0.15, 0.2) is 121 Å². The summed E-state index contributed by atoms with van der Waals surface area (Å²) in [5, 5.41) is 3.59. The molecule has 36 heavy (non-hydrogen) atoms. The van der Waals surface area contributed by atoms with Gasteiger partial charge < -0.3 is 14.1 Å². The monoisotopic (exact) mass is 467 g/mol. The van der Waals surface area contributed by atoms with E-state index in [1.165, 1.54) is 16.3 Å². The number of rotatable bonds is 7. The van der Waals surface area contributed by atoms with E-state index in [2.05, 4.69) is 83.6 Å². The van der Waals surface area contributed by atoms with Crippen molar-refractivity contribution >= 4 is 28.0 Å². The third-order valence-electron chi connectivity index (χ3n) is 6.60. The lowest BCUT2D eigenvalue weighted by atomic mass is 10.0. The summed E-state index contributed by atoms with van der Waals surface area (Å²) in [6.45, 7) is 0.755. The largest absolute Gasteiger partial charge is 0.457 e. The zero-order chi connectivity index (χ0) is 24.3. The smallest absolute Gasteiger partial charge is 0.127 e. The molecule has 0 unspecified atom stereocenters. The standard InChI is InChI=1S/C33H25NO2/c35-19-18-29-23-34(22-24-10-11-25-6-4-5-7-27(25)20-24)33-17-14-28(21-32(29)33)26-12-15-31(16-13-26)36-30-8-2-1-3-9-30/h1-17,19-21,23H,18,22H2. The molecule has 3 nitrogen and oxygen atoms in total. The second-order valence-electron chi connectivity index (χ2n) is 9.01. The third kappa shape index (κ3) is 4.39. The highest BCUT2D eigenvalue weighted by molar-refractivity contribution is 5.90. The molecule has 0 aliphatic heterocycles. The van der Waals surface area contributed by atoms with Gasteiger partial charge in [0.15, 0.2) is 0 Å². The molecule has 6 rings (SSSR count). The summed E-state index contributed by atoms with van der Waals surface area (Å²) in [5.41, 5.74) is 5.64. The van der Waals surface area contributed by atoms with E-state index in [9.17, 15) is 4.79 Å². The van der Waals surface area contributed by atoms with Crippen LogP contribution >= 0.6 is 0 Å². The molecule has 0 N–H and O–H groups in total. The van der Waals surface area contributed by atoms with Crippen molar-refractivity contribution in [1.29, 1.82) is 0 Å². The number of carbonyl (C=O) groups is 1. The first-order valence-electron chi connectivity index (χ1n) is 12.1. The summed E-state index contributed by atoms with van der Waals surface area (Å²) in [7, 11) is 0. The van der Waals surface area contributed by atoms with Gasteiger partial charge in [0.2, 0.25) is 0 Å². The first-order chi connectivity index (χ1) is 17.8. The summed E-state index contributed by atoms with van der Waals surface area (Å²) in [4.78, 5) is 11.5. The maximum absolute atomic E-state index is 11.5. The van der Waals surface area contributed by atoms with Crippen LogP contribution in [0.25, 0.3) is 32.8 Å². The molecule has 1 aromatic heterocycles. The van der Waals surface area contributed by atoms with Crippen LogP contribution in [0.1, 0.15) is 11.1 Å². The fourth-order valence-corrected chi connectivity index (χ4v) is 4.81. The molecular weight excluding hydrogens is 442 g/mol. The van der Waals surface area contributed by atoms with Crippen molar-refractivity contribution in [3.05, 3.63) is 133 Å². The molecule has 3 heteroatoms. The van der Waals surface area contributed by atoms with E-state index in [1.54, 1.807) is 0 Å². The van der Waals surface area contributed by atoms with Crippen LogP contribution in [0, 0.1) is 0 Å². The van der Waals surface area contributed by atoms with Crippen LogP contribution in [0.3, 0.4) is 0 Å². The van der Waals surface area contributed by atoms with E-state index in [4.69, 9.17) is 4.74 Å². The highest BCUT2D eigenvalue weighted by Crippen LogP contribution is 2.31. The maximum atomic E-state index is 11.5. The quantitative estimate of drug-likeness (QED) is 0.222. The third-order valence-corrected chi connectivity index (χ3v) is 6.60. The summed E-state index contributed by atoms with van der Waals surface area (Å²) in [6.07, 6.45) is 3.50. The number of aldehydes is 1. The number of hydrogen-bond acceptors (Lipinski definition) is 2. The normalized spacial score (nSPS) is 11.1. The number of aromatic nitrogens is 1. The molecule has 0 aliphatic rings. The Hall–Kier alpha value is -4.63. The van der Waals surface area contributed by atoms with E-state index in [1.807, 2.05) is 42.5 Å². The van der Waals surface area contributed by atoms with Gasteiger partial charge in [-0.05, 0) is 75.5 Å². The Bertz CT molecular complexity index is 1660. The molecule has 0 radical (unpaired) electrons. The number of nitrogens with zero attached hydrogens (tertiary/aromatic N) is 1. The molecule has 0 saturated heterocycles. The van der Waals surface area contributed by atoms with Gasteiger partial charge in [0, 0.05) is 30.1 Å². The van der Waals surface area contributed by atoms with E-state index < -0.39 is 0 Å². The van der Waals surface area contributed by atoms with Gasteiger partial charge in [-0.15, -0.1) is 0 Å².